The van der Waals surface area contributed by atoms with Gasteiger partial charge in [0.25, 0.3) is 0 Å². The summed E-state index contributed by atoms with van der Waals surface area (Å²) in [4.78, 5) is 13.3. The number of phenols is 1. The second kappa shape index (κ2) is 10.6. The number of fused-ring (bicyclic) bond motifs is 3. The fourth-order valence-electron chi connectivity index (χ4n) is 7.03. The SMILES string of the molecule is CC(C)(C)CC(C)(C)c1cc(C2=CC(F)CCC2=O)c(O)c(-n2c3cc(C(C)(C)C)ccc3c3ccc(C(C)(C)C)cc32)c1. The summed E-state index contributed by atoms with van der Waals surface area (Å²) in [7, 11) is 0. The van der Waals surface area contributed by atoms with Crippen molar-refractivity contribution in [1.82, 2.24) is 4.57 Å². The quantitative estimate of drug-likeness (QED) is 0.255. The van der Waals surface area contributed by atoms with Crippen LogP contribution in [0, 0.1) is 5.41 Å². The third kappa shape index (κ3) is 5.97. The number of allylic oxidation sites excluding steroid dienone is 2. The van der Waals surface area contributed by atoms with Gasteiger partial charge in [-0.05, 0) is 81.5 Å². The Labute approximate surface area is 263 Å². The Bertz CT molecular complexity index is 1730. The zero-order valence-electron chi connectivity index (χ0n) is 28.6. The van der Waals surface area contributed by atoms with Crippen molar-refractivity contribution in [1.29, 1.82) is 0 Å². The third-order valence-corrected chi connectivity index (χ3v) is 9.17. The maximum atomic E-state index is 14.8. The van der Waals surface area contributed by atoms with Crippen molar-refractivity contribution in [3.8, 4) is 11.4 Å². The molecular weight excluding hydrogens is 545 g/mol. The molecule has 0 saturated heterocycles. The number of aromatic nitrogens is 1. The van der Waals surface area contributed by atoms with Crippen molar-refractivity contribution in [3.05, 3.63) is 76.9 Å². The molecule has 1 aliphatic rings. The predicted octanol–water partition coefficient (Wildman–Crippen LogP) is 10.9. The molecule has 1 aromatic heterocycles. The first kappa shape index (κ1) is 32.0. The minimum atomic E-state index is -1.21. The van der Waals surface area contributed by atoms with Gasteiger partial charge in [0.2, 0.25) is 0 Å². The van der Waals surface area contributed by atoms with Crippen molar-refractivity contribution < 1.29 is 14.3 Å². The van der Waals surface area contributed by atoms with Gasteiger partial charge in [-0.25, -0.2) is 4.39 Å². The molecule has 1 heterocycles. The van der Waals surface area contributed by atoms with Crippen LogP contribution in [0.2, 0.25) is 0 Å². The van der Waals surface area contributed by atoms with E-state index in [-0.39, 0.29) is 51.6 Å². The number of carbonyl (C=O) groups excluding carboxylic acids is 1. The van der Waals surface area contributed by atoms with Gasteiger partial charge >= 0.3 is 0 Å². The van der Waals surface area contributed by atoms with Gasteiger partial charge in [-0.1, -0.05) is 100 Å². The van der Waals surface area contributed by atoms with Gasteiger partial charge in [0.1, 0.15) is 11.9 Å². The summed E-state index contributed by atoms with van der Waals surface area (Å²) >= 11 is 0. The van der Waals surface area contributed by atoms with E-state index < -0.39 is 6.17 Å². The highest BCUT2D eigenvalue weighted by molar-refractivity contribution is 6.22. The number of rotatable bonds is 4. The lowest BCUT2D eigenvalue weighted by molar-refractivity contribution is -0.114. The van der Waals surface area contributed by atoms with Crippen LogP contribution < -0.4 is 0 Å². The summed E-state index contributed by atoms with van der Waals surface area (Å²) in [6, 6.07) is 17.3. The van der Waals surface area contributed by atoms with Crippen LogP contribution in [0.15, 0.2) is 54.6 Å². The first-order valence-electron chi connectivity index (χ1n) is 16.0. The van der Waals surface area contributed by atoms with E-state index in [0.29, 0.717) is 11.3 Å². The highest BCUT2D eigenvalue weighted by atomic mass is 19.1. The summed E-state index contributed by atoms with van der Waals surface area (Å²) in [5.41, 5.74) is 6.32. The number of ketones is 1. The molecule has 1 atom stereocenters. The summed E-state index contributed by atoms with van der Waals surface area (Å²) < 4.78 is 16.9. The van der Waals surface area contributed by atoms with E-state index in [1.165, 1.54) is 17.2 Å². The molecule has 0 bridgehead atoms. The zero-order valence-corrected chi connectivity index (χ0v) is 28.6. The lowest BCUT2D eigenvalue weighted by atomic mass is 9.71. The van der Waals surface area contributed by atoms with Crippen LogP contribution in [-0.4, -0.2) is 21.6 Å². The lowest BCUT2D eigenvalue weighted by Crippen LogP contribution is -2.25. The van der Waals surface area contributed by atoms with Gasteiger partial charge in [-0.3, -0.25) is 4.79 Å². The summed E-state index contributed by atoms with van der Waals surface area (Å²) in [6.45, 7) is 24.4. The van der Waals surface area contributed by atoms with E-state index in [0.717, 1.165) is 33.8 Å². The Morgan fingerprint density at radius 1 is 0.773 bits per heavy atom. The molecule has 0 fully saturated rings. The second-order valence-corrected chi connectivity index (χ2v) is 16.9. The molecule has 0 amide bonds. The largest absolute Gasteiger partial charge is 0.505 e. The first-order chi connectivity index (χ1) is 20.2. The van der Waals surface area contributed by atoms with E-state index >= 15 is 0 Å². The zero-order chi connectivity index (χ0) is 32.6. The second-order valence-electron chi connectivity index (χ2n) is 16.9. The smallest absolute Gasteiger partial charge is 0.163 e. The topological polar surface area (TPSA) is 42.2 Å². The number of carbonyl (C=O) groups is 1. The number of aromatic hydroxyl groups is 1. The molecule has 5 rings (SSSR count). The Morgan fingerprint density at radius 2 is 1.30 bits per heavy atom. The van der Waals surface area contributed by atoms with Crippen LogP contribution in [0.25, 0.3) is 33.1 Å². The summed E-state index contributed by atoms with van der Waals surface area (Å²) in [5.74, 6) is -0.117. The van der Waals surface area contributed by atoms with Gasteiger partial charge in [0.15, 0.2) is 5.78 Å². The summed E-state index contributed by atoms with van der Waals surface area (Å²) in [5, 5.41) is 14.4. The number of nitrogens with zero attached hydrogens (tertiary/aromatic N) is 1. The van der Waals surface area contributed by atoms with Crippen LogP contribution >= 0.6 is 0 Å². The van der Waals surface area contributed by atoms with Gasteiger partial charge in [0.05, 0.1) is 16.7 Å². The maximum absolute atomic E-state index is 14.8. The van der Waals surface area contributed by atoms with Crippen LogP contribution in [0.1, 0.15) is 118 Å². The molecule has 3 aromatic carbocycles. The van der Waals surface area contributed by atoms with Gasteiger partial charge in [-0.2, -0.15) is 0 Å². The number of halogens is 1. The third-order valence-electron chi connectivity index (χ3n) is 9.17. The molecule has 0 saturated carbocycles. The van der Waals surface area contributed by atoms with Crippen molar-refractivity contribution >= 4 is 33.2 Å². The van der Waals surface area contributed by atoms with Crippen LogP contribution in [0.3, 0.4) is 0 Å². The minimum absolute atomic E-state index is 0.00938. The summed E-state index contributed by atoms with van der Waals surface area (Å²) in [6.07, 6.45) is 1.40. The van der Waals surface area contributed by atoms with E-state index in [1.54, 1.807) is 0 Å². The molecular formula is C40H50FNO2. The van der Waals surface area contributed by atoms with E-state index in [9.17, 15) is 14.3 Å². The van der Waals surface area contributed by atoms with Gasteiger partial charge < -0.3 is 9.67 Å². The fourth-order valence-corrected chi connectivity index (χ4v) is 7.03. The minimum Gasteiger partial charge on any atom is -0.505 e. The average Bonchev–Trinajstić information content (AvgIpc) is 3.21. The maximum Gasteiger partial charge on any atom is 0.163 e. The fraction of sp³-hybridized carbons (Fsp3) is 0.475. The van der Waals surface area contributed by atoms with E-state index in [4.69, 9.17) is 0 Å². The predicted molar refractivity (Wildman–Crippen MR) is 184 cm³/mol. The number of hydrogen-bond acceptors (Lipinski definition) is 2. The molecule has 4 aromatic rings. The first-order valence-corrected chi connectivity index (χ1v) is 16.0. The average molecular weight is 596 g/mol. The monoisotopic (exact) mass is 595 g/mol. The molecule has 1 aliphatic carbocycles. The lowest BCUT2D eigenvalue weighted by Gasteiger charge is -2.34. The molecule has 44 heavy (non-hydrogen) atoms. The van der Waals surface area contributed by atoms with Crippen molar-refractivity contribution in [2.75, 3.05) is 0 Å². The van der Waals surface area contributed by atoms with Crippen LogP contribution in [-0.2, 0) is 21.0 Å². The van der Waals surface area contributed by atoms with Crippen molar-refractivity contribution in [2.45, 2.75) is 118 Å². The number of benzene rings is 3. The van der Waals surface area contributed by atoms with Gasteiger partial charge in [0, 0.05) is 28.3 Å². The molecule has 1 unspecified atom stereocenters. The Morgan fingerprint density at radius 3 is 1.77 bits per heavy atom. The van der Waals surface area contributed by atoms with Gasteiger partial charge in [-0.15, -0.1) is 0 Å². The molecule has 0 spiro atoms. The molecule has 0 radical (unpaired) electrons. The van der Waals surface area contributed by atoms with E-state index in [1.807, 2.05) is 6.07 Å². The van der Waals surface area contributed by atoms with Crippen LogP contribution in [0.5, 0.6) is 5.75 Å². The molecule has 4 heteroatoms. The number of Topliss-reactive ketones (excluding diaryl/α,β-unsaturated/α-hetero) is 1. The van der Waals surface area contributed by atoms with Crippen molar-refractivity contribution in [2.24, 2.45) is 5.41 Å². The molecule has 234 valence electrons. The van der Waals surface area contributed by atoms with Crippen molar-refractivity contribution in [3.63, 3.8) is 0 Å². The highest BCUT2D eigenvalue weighted by Gasteiger charge is 2.32. The Kier molecular flexibility index (Phi) is 7.71. The normalized spacial score (nSPS) is 17.0. The molecule has 3 nitrogen and oxygen atoms in total. The molecule has 1 N–H and O–H groups in total. The Hall–Kier alpha value is -3.40. The van der Waals surface area contributed by atoms with Crippen LogP contribution in [0.4, 0.5) is 4.39 Å². The number of alkyl halides is 1. The number of hydrogen-bond donors (Lipinski definition) is 1. The standard InChI is InChI=1S/C40H50FNO2/c1-37(2,3)23-40(10,11)26-18-31(30-22-27(41)14-17-35(30)43)36(44)34(21-26)42-32-19-24(38(4,5)6)12-15-28(32)29-16-13-25(20-33(29)42)39(7,8)9/h12-13,15-16,18-22,27,44H,14,17,23H2,1-11H3. The Balaban J connectivity index is 1.95. The highest BCUT2D eigenvalue weighted by Crippen LogP contribution is 2.45. The number of phenolic OH excluding ortho intramolecular Hbond substituents is 1. The molecule has 0 aliphatic heterocycles. The van der Waals surface area contributed by atoms with E-state index in [2.05, 4.69) is 123 Å².